The summed E-state index contributed by atoms with van der Waals surface area (Å²) in [6.07, 6.45) is -4.41. The number of anilines is 2. The Hall–Kier alpha value is -2.01. The molecule has 0 bridgehead atoms. The largest absolute Gasteiger partial charge is 0.416 e. The molecule has 2 aromatic carbocycles. The SMILES string of the molecule is CC(C)(C)c1ccccc1N([O])c1ccc(C(F)(F)F)cc1. The molecule has 2 nitrogen and oxygen atoms in total. The van der Waals surface area contributed by atoms with E-state index in [9.17, 15) is 18.4 Å². The molecule has 22 heavy (non-hydrogen) atoms. The summed E-state index contributed by atoms with van der Waals surface area (Å²) in [5, 5.41) is 13.2. The van der Waals surface area contributed by atoms with Crippen LogP contribution in [0.15, 0.2) is 48.5 Å². The van der Waals surface area contributed by atoms with E-state index in [4.69, 9.17) is 0 Å². The van der Waals surface area contributed by atoms with Crippen LogP contribution in [-0.2, 0) is 16.8 Å². The number of nitrogens with zero attached hydrogens (tertiary/aromatic N) is 1. The standard InChI is InChI=1S/C17H17F3NO/c1-16(2,3)14-6-4-5-7-15(14)21(22)13-10-8-12(9-11-13)17(18,19)20/h4-11H,1-3H3. The number of rotatable bonds is 2. The van der Waals surface area contributed by atoms with Gasteiger partial charge in [-0.1, -0.05) is 44.2 Å². The molecule has 2 rings (SSSR count). The van der Waals surface area contributed by atoms with Crippen molar-refractivity contribution in [3.8, 4) is 0 Å². The highest BCUT2D eigenvalue weighted by molar-refractivity contribution is 5.65. The van der Waals surface area contributed by atoms with Crippen LogP contribution in [0.5, 0.6) is 0 Å². The van der Waals surface area contributed by atoms with Crippen molar-refractivity contribution in [2.75, 3.05) is 5.06 Å². The van der Waals surface area contributed by atoms with Gasteiger partial charge in [0.1, 0.15) is 0 Å². The number of hydrogen-bond donors (Lipinski definition) is 0. The molecule has 0 saturated carbocycles. The topological polar surface area (TPSA) is 23.1 Å². The minimum absolute atomic E-state index is 0.171. The van der Waals surface area contributed by atoms with Crippen molar-refractivity contribution >= 4 is 11.4 Å². The van der Waals surface area contributed by atoms with Crippen LogP contribution in [0, 0.1) is 0 Å². The molecule has 2 aromatic rings. The molecule has 1 radical (unpaired) electrons. The first-order valence-corrected chi connectivity index (χ1v) is 6.85. The normalized spacial score (nSPS) is 12.3. The Kier molecular flexibility index (Phi) is 4.20. The van der Waals surface area contributed by atoms with E-state index in [-0.39, 0.29) is 11.1 Å². The molecule has 117 valence electrons. The first-order valence-electron chi connectivity index (χ1n) is 6.85. The smallest absolute Gasteiger partial charge is 0.188 e. The molecule has 0 aliphatic heterocycles. The molecule has 0 saturated heterocycles. The predicted molar refractivity (Wildman–Crippen MR) is 79.4 cm³/mol. The molecule has 0 aliphatic carbocycles. The van der Waals surface area contributed by atoms with E-state index in [0.717, 1.165) is 17.7 Å². The van der Waals surface area contributed by atoms with Gasteiger partial charge in [-0.2, -0.15) is 18.2 Å². The number of halogens is 3. The fourth-order valence-electron chi connectivity index (χ4n) is 2.21. The molecule has 0 fully saturated rings. The van der Waals surface area contributed by atoms with Crippen LogP contribution in [-0.4, -0.2) is 0 Å². The van der Waals surface area contributed by atoms with Crippen LogP contribution in [0.4, 0.5) is 24.5 Å². The molecule has 5 heteroatoms. The average Bonchev–Trinajstić information content (AvgIpc) is 2.45. The van der Waals surface area contributed by atoms with Crippen LogP contribution >= 0.6 is 0 Å². The van der Waals surface area contributed by atoms with Gasteiger partial charge >= 0.3 is 6.18 Å². The van der Waals surface area contributed by atoms with Gasteiger partial charge < -0.3 is 0 Å². The zero-order valence-electron chi connectivity index (χ0n) is 12.6. The zero-order valence-corrected chi connectivity index (χ0v) is 12.6. The summed E-state index contributed by atoms with van der Waals surface area (Å²) in [5.74, 6) is 0. The third-order valence-corrected chi connectivity index (χ3v) is 3.36. The lowest BCUT2D eigenvalue weighted by atomic mass is 9.85. The van der Waals surface area contributed by atoms with Gasteiger partial charge in [0.15, 0.2) is 0 Å². The van der Waals surface area contributed by atoms with E-state index in [2.05, 4.69) is 0 Å². The van der Waals surface area contributed by atoms with Crippen molar-refractivity contribution in [1.29, 1.82) is 0 Å². The zero-order chi connectivity index (χ0) is 16.5. The fourth-order valence-corrected chi connectivity index (χ4v) is 2.21. The van der Waals surface area contributed by atoms with Crippen molar-refractivity contribution < 1.29 is 18.4 Å². The van der Waals surface area contributed by atoms with Gasteiger partial charge in [-0.15, -0.1) is 0 Å². The minimum Gasteiger partial charge on any atom is -0.188 e. The van der Waals surface area contributed by atoms with Crippen molar-refractivity contribution in [3.63, 3.8) is 0 Å². The molecule has 0 amide bonds. The van der Waals surface area contributed by atoms with E-state index < -0.39 is 11.7 Å². The Balaban J connectivity index is 2.39. The quantitative estimate of drug-likeness (QED) is 0.673. The van der Waals surface area contributed by atoms with Gasteiger partial charge in [0, 0.05) is 0 Å². The summed E-state index contributed by atoms with van der Waals surface area (Å²) in [6, 6.07) is 11.3. The Bertz CT molecular complexity index is 642. The highest BCUT2D eigenvalue weighted by Crippen LogP contribution is 2.36. The predicted octanol–water partition coefficient (Wildman–Crippen LogP) is 5.49. The summed E-state index contributed by atoms with van der Waals surface area (Å²) >= 11 is 0. The molecule has 0 aromatic heterocycles. The fraction of sp³-hybridized carbons (Fsp3) is 0.294. The summed E-state index contributed by atoms with van der Waals surface area (Å²) in [4.78, 5) is 0. The first-order chi connectivity index (χ1) is 10.1. The summed E-state index contributed by atoms with van der Waals surface area (Å²) in [6.45, 7) is 5.94. The number of hydrogen-bond acceptors (Lipinski definition) is 1. The summed E-state index contributed by atoms with van der Waals surface area (Å²) < 4.78 is 37.7. The second-order valence-electron chi connectivity index (χ2n) is 6.11. The van der Waals surface area contributed by atoms with Gasteiger partial charge in [-0.05, 0) is 41.3 Å². The second kappa shape index (κ2) is 5.65. The molecule has 0 N–H and O–H groups in total. The van der Waals surface area contributed by atoms with Crippen molar-refractivity contribution in [3.05, 3.63) is 59.7 Å². The molecule has 0 atom stereocenters. The lowest BCUT2D eigenvalue weighted by Gasteiger charge is -2.26. The Morgan fingerprint density at radius 3 is 1.91 bits per heavy atom. The highest BCUT2D eigenvalue weighted by Gasteiger charge is 2.30. The van der Waals surface area contributed by atoms with Crippen LogP contribution in [0.25, 0.3) is 0 Å². The van der Waals surface area contributed by atoms with E-state index in [0.29, 0.717) is 10.8 Å². The lowest BCUT2D eigenvalue weighted by molar-refractivity contribution is -0.137. The van der Waals surface area contributed by atoms with E-state index in [1.54, 1.807) is 12.1 Å². The van der Waals surface area contributed by atoms with Crippen LogP contribution in [0.3, 0.4) is 0 Å². The van der Waals surface area contributed by atoms with E-state index in [1.807, 2.05) is 32.9 Å². The van der Waals surface area contributed by atoms with Crippen LogP contribution in [0.2, 0.25) is 0 Å². The molecule has 0 aliphatic rings. The molecular weight excluding hydrogens is 291 g/mol. The Morgan fingerprint density at radius 2 is 1.41 bits per heavy atom. The molecule has 0 heterocycles. The average molecular weight is 308 g/mol. The lowest BCUT2D eigenvalue weighted by Crippen LogP contribution is -2.18. The van der Waals surface area contributed by atoms with Gasteiger partial charge in [0.2, 0.25) is 0 Å². The first kappa shape index (κ1) is 16.4. The number of para-hydroxylation sites is 1. The van der Waals surface area contributed by atoms with E-state index >= 15 is 0 Å². The monoisotopic (exact) mass is 308 g/mol. The molecule has 0 spiro atoms. The third-order valence-electron chi connectivity index (χ3n) is 3.36. The molecular formula is C17H17F3NO. The third kappa shape index (κ3) is 3.42. The minimum atomic E-state index is -4.41. The van der Waals surface area contributed by atoms with E-state index in [1.165, 1.54) is 12.1 Å². The number of benzene rings is 2. The van der Waals surface area contributed by atoms with Gasteiger partial charge in [-0.25, -0.2) is 0 Å². The number of alkyl halides is 3. The van der Waals surface area contributed by atoms with Crippen molar-refractivity contribution in [1.82, 2.24) is 0 Å². The van der Waals surface area contributed by atoms with Crippen molar-refractivity contribution in [2.45, 2.75) is 32.4 Å². The van der Waals surface area contributed by atoms with Crippen LogP contribution in [0.1, 0.15) is 31.9 Å². The summed E-state index contributed by atoms with van der Waals surface area (Å²) in [7, 11) is 0. The van der Waals surface area contributed by atoms with Gasteiger partial charge in [0.05, 0.1) is 16.9 Å². The maximum absolute atomic E-state index is 12.6. The maximum Gasteiger partial charge on any atom is 0.416 e. The maximum atomic E-state index is 12.6. The second-order valence-corrected chi connectivity index (χ2v) is 6.11. The van der Waals surface area contributed by atoms with Crippen molar-refractivity contribution in [2.24, 2.45) is 0 Å². The van der Waals surface area contributed by atoms with Crippen LogP contribution < -0.4 is 5.06 Å². The van der Waals surface area contributed by atoms with Gasteiger partial charge in [-0.3, -0.25) is 0 Å². The molecule has 0 unspecified atom stereocenters. The Labute approximate surface area is 127 Å². The summed E-state index contributed by atoms with van der Waals surface area (Å²) in [5.41, 5.74) is 0.434. The Morgan fingerprint density at radius 1 is 0.864 bits per heavy atom. The van der Waals surface area contributed by atoms with Gasteiger partial charge in [0.25, 0.3) is 0 Å². The highest BCUT2D eigenvalue weighted by atomic mass is 19.4.